The van der Waals surface area contributed by atoms with Crippen LogP contribution in [0.1, 0.15) is 35.7 Å². The zero-order chi connectivity index (χ0) is 16.7. The molecule has 0 aliphatic heterocycles. The summed E-state index contributed by atoms with van der Waals surface area (Å²) in [5.41, 5.74) is 1.80. The first-order valence-corrected chi connectivity index (χ1v) is 7.75. The molecule has 4 heteroatoms. The van der Waals surface area contributed by atoms with E-state index in [0.29, 0.717) is 30.4 Å². The van der Waals surface area contributed by atoms with E-state index in [9.17, 15) is 4.79 Å². The lowest BCUT2D eigenvalue weighted by atomic mass is 10.0. The topological polar surface area (TPSA) is 47.6 Å². The molecule has 0 fully saturated rings. The third-order valence-electron chi connectivity index (χ3n) is 3.55. The number of hydrogen-bond donors (Lipinski definition) is 1. The van der Waals surface area contributed by atoms with Crippen LogP contribution in [0.3, 0.4) is 0 Å². The number of carbonyl (C=O) groups is 1. The van der Waals surface area contributed by atoms with E-state index in [1.807, 2.05) is 24.3 Å². The van der Waals surface area contributed by atoms with Crippen molar-refractivity contribution < 1.29 is 14.3 Å². The zero-order valence-electron chi connectivity index (χ0n) is 13.8. The summed E-state index contributed by atoms with van der Waals surface area (Å²) in [4.78, 5) is 12.1. The van der Waals surface area contributed by atoms with Crippen LogP contribution in [0.4, 0.5) is 0 Å². The Morgan fingerprint density at radius 2 is 1.78 bits per heavy atom. The number of ether oxygens (including phenoxy) is 2. The van der Waals surface area contributed by atoms with E-state index in [1.165, 1.54) is 5.56 Å². The first-order valence-electron chi connectivity index (χ1n) is 7.75. The van der Waals surface area contributed by atoms with E-state index in [2.05, 4.69) is 31.3 Å². The average Bonchev–Trinajstić information content (AvgIpc) is 2.58. The van der Waals surface area contributed by atoms with Crippen molar-refractivity contribution in [3.05, 3.63) is 59.7 Å². The van der Waals surface area contributed by atoms with Crippen LogP contribution in [0.5, 0.6) is 11.5 Å². The molecule has 0 atom stereocenters. The van der Waals surface area contributed by atoms with Gasteiger partial charge in [-0.3, -0.25) is 4.79 Å². The highest BCUT2D eigenvalue weighted by atomic mass is 16.5. The summed E-state index contributed by atoms with van der Waals surface area (Å²) in [6, 6.07) is 15.2. The minimum atomic E-state index is -0.166. The maximum absolute atomic E-state index is 12.1. The summed E-state index contributed by atoms with van der Waals surface area (Å²) in [6.07, 6.45) is 0. The van der Waals surface area contributed by atoms with Crippen molar-refractivity contribution >= 4 is 5.91 Å². The summed E-state index contributed by atoms with van der Waals surface area (Å²) in [5, 5.41) is 2.83. The molecule has 0 spiro atoms. The first-order chi connectivity index (χ1) is 11.1. The van der Waals surface area contributed by atoms with Gasteiger partial charge in [0.15, 0.2) is 0 Å². The predicted molar refractivity (Wildman–Crippen MR) is 91.4 cm³/mol. The van der Waals surface area contributed by atoms with E-state index >= 15 is 0 Å². The predicted octanol–water partition coefficient (Wildman–Crippen LogP) is 3.63. The lowest BCUT2D eigenvalue weighted by molar-refractivity contribution is 0.0944. The summed E-state index contributed by atoms with van der Waals surface area (Å²) in [5.74, 6) is 1.71. The zero-order valence-corrected chi connectivity index (χ0v) is 13.8. The second-order valence-corrected chi connectivity index (χ2v) is 5.53. The quantitative estimate of drug-likeness (QED) is 0.794. The molecular weight excluding hydrogens is 290 g/mol. The largest absolute Gasteiger partial charge is 0.496 e. The van der Waals surface area contributed by atoms with Crippen molar-refractivity contribution in [2.75, 3.05) is 20.3 Å². The van der Waals surface area contributed by atoms with Gasteiger partial charge in [-0.2, -0.15) is 0 Å². The van der Waals surface area contributed by atoms with Crippen LogP contribution in [-0.2, 0) is 0 Å². The Balaban J connectivity index is 1.80. The van der Waals surface area contributed by atoms with Gasteiger partial charge in [-0.15, -0.1) is 0 Å². The van der Waals surface area contributed by atoms with Crippen molar-refractivity contribution in [1.29, 1.82) is 0 Å². The molecule has 0 radical (unpaired) electrons. The summed E-state index contributed by atoms with van der Waals surface area (Å²) in [7, 11) is 1.55. The third-order valence-corrected chi connectivity index (χ3v) is 3.55. The minimum Gasteiger partial charge on any atom is -0.496 e. The maximum Gasteiger partial charge on any atom is 0.255 e. The third kappa shape index (κ3) is 4.74. The molecule has 0 heterocycles. The van der Waals surface area contributed by atoms with Crippen molar-refractivity contribution in [2.24, 2.45) is 0 Å². The molecule has 0 saturated heterocycles. The molecular formula is C19H23NO3. The number of carbonyl (C=O) groups excluding carboxylic acids is 1. The minimum absolute atomic E-state index is 0.166. The Morgan fingerprint density at radius 3 is 2.43 bits per heavy atom. The van der Waals surface area contributed by atoms with Crippen LogP contribution in [0.25, 0.3) is 0 Å². The van der Waals surface area contributed by atoms with Gasteiger partial charge in [0.05, 0.1) is 19.2 Å². The molecule has 0 saturated carbocycles. The van der Waals surface area contributed by atoms with Gasteiger partial charge in [0, 0.05) is 0 Å². The summed E-state index contributed by atoms with van der Waals surface area (Å²) < 4.78 is 10.8. The van der Waals surface area contributed by atoms with Crippen molar-refractivity contribution in [1.82, 2.24) is 5.32 Å². The van der Waals surface area contributed by atoms with Gasteiger partial charge in [0.2, 0.25) is 0 Å². The molecule has 23 heavy (non-hydrogen) atoms. The summed E-state index contributed by atoms with van der Waals surface area (Å²) >= 11 is 0. The van der Waals surface area contributed by atoms with Crippen molar-refractivity contribution in [2.45, 2.75) is 19.8 Å². The fourth-order valence-electron chi connectivity index (χ4n) is 2.21. The number of nitrogens with one attached hydrogen (secondary N) is 1. The highest BCUT2D eigenvalue weighted by molar-refractivity contribution is 5.96. The molecule has 4 nitrogen and oxygen atoms in total. The van der Waals surface area contributed by atoms with Gasteiger partial charge >= 0.3 is 0 Å². The van der Waals surface area contributed by atoms with Crippen LogP contribution in [0, 0.1) is 0 Å². The number of para-hydroxylation sites is 1. The molecule has 2 aromatic carbocycles. The van der Waals surface area contributed by atoms with Gasteiger partial charge in [0.1, 0.15) is 18.1 Å². The number of hydrogen-bond acceptors (Lipinski definition) is 3. The molecule has 0 bridgehead atoms. The summed E-state index contributed by atoms with van der Waals surface area (Å²) in [6.45, 7) is 5.16. The Hall–Kier alpha value is -2.49. The van der Waals surface area contributed by atoms with Crippen LogP contribution in [-0.4, -0.2) is 26.2 Å². The van der Waals surface area contributed by atoms with Gasteiger partial charge in [0.25, 0.3) is 5.91 Å². The number of methoxy groups -OCH3 is 1. The van der Waals surface area contributed by atoms with Crippen LogP contribution < -0.4 is 14.8 Å². The highest BCUT2D eigenvalue weighted by Gasteiger charge is 2.10. The van der Waals surface area contributed by atoms with E-state index in [-0.39, 0.29) is 5.91 Å². The number of benzene rings is 2. The SMILES string of the molecule is COc1ccccc1C(=O)NCCOc1ccc(C(C)C)cc1. The Bertz CT molecular complexity index is 635. The molecule has 1 N–H and O–H groups in total. The van der Waals surface area contributed by atoms with Gasteiger partial charge < -0.3 is 14.8 Å². The van der Waals surface area contributed by atoms with Crippen molar-refractivity contribution in [3.63, 3.8) is 0 Å². The Labute approximate surface area is 137 Å². The van der Waals surface area contributed by atoms with Gasteiger partial charge in [-0.05, 0) is 35.7 Å². The fourth-order valence-corrected chi connectivity index (χ4v) is 2.21. The highest BCUT2D eigenvalue weighted by Crippen LogP contribution is 2.19. The molecule has 0 unspecified atom stereocenters. The van der Waals surface area contributed by atoms with E-state index in [0.717, 1.165) is 5.75 Å². The first kappa shape index (κ1) is 16.9. The molecule has 122 valence electrons. The molecule has 0 aliphatic rings. The van der Waals surface area contributed by atoms with E-state index < -0.39 is 0 Å². The van der Waals surface area contributed by atoms with E-state index in [1.54, 1.807) is 19.2 Å². The molecule has 1 amide bonds. The number of rotatable bonds is 7. The van der Waals surface area contributed by atoms with Gasteiger partial charge in [-0.1, -0.05) is 38.1 Å². The molecule has 0 aromatic heterocycles. The Morgan fingerprint density at radius 1 is 1.09 bits per heavy atom. The standard InChI is InChI=1S/C19H23NO3/c1-14(2)15-8-10-16(11-9-15)23-13-12-20-19(21)17-6-4-5-7-18(17)22-3/h4-11,14H,12-13H2,1-3H3,(H,20,21). The van der Waals surface area contributed by atoms with Gasteiger partial charge in [-0.25, -0.2) is 0 Å². The average molecular weight is 313 g/mol. The number of amides is 1. The fraction of sp³-hybridized carbons (Fsp3) is 0.316. The second kappa shape index (κ2) is 8.22. The van der Waals surface area contributed by atoms with Crippen LogP contribution >= 0.6 is 0 Å². The lowest BCUT2D eigenvalue weighted by Gasteiger charge is -2.11. The normalized spacial score (nSPS) is 10.4. The Kier molecular flexibility index (Phi) is 6.03. The molecule has 2 aromatic rings. The maximum atomic E-state index is 12.1. The molecule has 2 rings (SSSR count). The smallest absolute Gasteiger partial charge is 0.255 e. The lowest BCUT2D eigenvalue weighted by Crippen LogP contribution is -2.28. The monoisotopic (exact) mass is 313 g/mol. The molecule has 0 aliphatic carbocycles. The van der Waals surface area contributed by atoms with Crippen LogP contribution in [0.15, 0.2) is 48.5 Å². The van der Waals surface area contributed by atoms with E-state index in [4.69, 9.17) is 9.47 Å². The second-order valence-electron chi connectivity index (χ2n) is 5.53. The van der Waals surface area contributed by atoms with Crippen LogP contribution in [0.2, 0.25) is 0 Å². The van der Waals surface area contributed by atoms with Crippen molar-refractivity contribution in [3.8, 4) is 11.5 Å².